The summed E-state index contributed by atoms with van der Waals surface area (Å²) in [6.45, 7) is 1.45. The van der Waals surface area contributed by atoms with Gasteiger partial charge in [0.1, 0.15) is 5.75 Å². The average Bonchev–Trinajstić information content (AvgIpc) is 3.11. The molecule has 0 fully saturated rings. The number of benzene rings is 2. The summed E-state index contributed by atoms with van der Waals surface area (Å²) in [5.74, 6) is 1.32. The summed E-state index contributed by atoms with van der Waals surface area (Å²) in [7, 11) is 3.36. The van der Waals surface area contributed by atoms with Crippen molar-refractivity contribution >= 4 is 22.5 Å². The van der Waals surface area contributed by atoms with Gasteiger partial charge in [-0.1, -0.05) is 24.3 Å². The highest BCUT2D eigenvalue weighted by Crippen LogP contribution is 2.30. The molecule has 0 unspecified atom stereocenters. The van der Waals surface area contributed by atoms with Gasteiger partial charge in [-0.15, -0.1) is 0 Å². The smallest absolute Gasteiger partial charge is 0.227 e. The molecule has 1 N–H and O–H groups in total. The molecule has 0 aliphatic heterocycles. The number of anilines is 2. The Morgan fingerprint density at radius 1 is 1.04 bits per heavy atom. The minimum atomic E-state index is 0.541. The SMILES string of the molecule is COCCn1cc(-c2ccnc(Nc3cccc(OC)c3)n2)c2ccccc21. The second-order valence-corrected chi connectivity index (χ2v) is 6.37. The zero-order chi connectivity index (χ0) is 19.3. The van der Waals surface area contributed by atoms with E-state index in [9.17, 15) is 0 Å². The van der Waals surface area contributed by atoms with Gasteiger partial charge in [-0.3, -0.25) is 0 Å². The summed E-state index contributed by atoms with van der Waals surface area (Å²) in [4.78, 5) is 9.09. The van der Waals surface area contributed by atoms with Crippen molar-refractivity contribution in [1.29, 1.82) is 0 Å². The first-order chi connectivity index (χ1) is 13.8. The lowest BCUT2D eigenvalue weighted by molar-refractivity contribution is 0.188. The standard InChI is InChI=1S/C22H22N4O2/c1-27-13-12-26-15-19(18-8-3-4-9-21(18)26)20-10-11-23-22(25-20)24-16-6-5-7-17(14-16)28-2/h3-11,14-15H,12-13H2,1-2H3,(H,23,24,25). The van der Waals surface area contributed by atoms with E-state index in [0.29, 0.717) is 12.6 Å². The van der Waals surface area contributed by atoms with Crippen LogP contribution in [-0.2, 0) is 11.3 Å². The van der Waals surface area contributed by atoms with Crippen LogP contribution in [0, 0.1) is 0 Å². The zero-order valence-corrected chi connectivity index (χ0v) is 15.9. The van der Waals surface area contributed by atoms with Gasteiger partial charge < -0.3 is 19.4 Å². The van der Waals surface area contributed by atoms with E-state index < -0.39 is 0 Å². The van der Waals surface area contributed by atoms with Crippen molar-refractivity contribution in [3.63, 3.8) is 0 Å². The molecule has 0 aliphatic carbocycles. The lowest BCUT2D eigenvalue weighted by atomic mass is 10.1. The third kappa shape index (κ3) is 3.68. The van der Waals surface area contributed by atoms with Crippen LogP contribution < -0.4 is 10.1 Å². The largest absolute Gasteiger partial charge is 0.497 e. The zero-order valence-electron chi connectivity index (χ0n) is 15.9. The van der Waals surface area contributed by atoms with Crippen LogP contribution in [0.2, 0.25) is 0 Å². The number of nitrogens with zero attached hydrogens (tertiary/aromatic N) is 3. The first kappa shape index (κ1) is 18.0. The molecule has 0 amide bonds. The van der Waals surface area contributed by atoms with Gasteiger partial charge in [0, 0.05) is 54.3 Å². The Bertz CT molecular complexity index is 1090. The molecule has 4 rings (SSSR count). The Morgan fingerprint density at radius 2 is 1.93 bits per heavy atom. The molecule has 0 saturated carbocycles. The maximum atomic E-state index is 5.27. The van der Waals surface area contributed by atoms with Crippen LogP contribution in [0.3, 0.4) is 0 Å². The molecule has 0 saturated heterocycles. The number of nitrogens with one attached hydrogen (secondary N) is 1. The van der Waals surface area contributed by atoms with E-state index in [2.05, 4.69) is 33.2 Å². The summed E-state index contributed by atoms with van der Waals surface area (Å²) in [6.07, 6.45) is 3.90. The fourth-order valence-electron chi connectivity index (χ4n) is 3.22. The quantitative estimate of drug-likeness (QED) is 0.516. The predicted octanol–water partition coefficient (Wildman–Crippen LogP) is 4.50. The molecule has 142 valence electrons. The van der Waals surface area contributed by atoms with Gasteiger partial charge in [0.2, 0.25) is 5.95 Å². The van der Waals surface area contributed by atoms with Crippen molar-refractivity contribution in [2.75, 3.05) is 26.1 Å². The van der Waals surface area contributed by atoms with Crippen LogP contribution in [0.25, 0.3) is 22.2 Å². The lowest BCUT2D eigenvalue weighted by Gasteiger charge is -2.07. The highest BCUT2D eigenvalue weighted by atomic mass is 16.5. The van der Waals surface area contributed by atoms with E-state index in [0.717, 1.165) is 40.1 Å². The van der Waals surface area contributed by atoms with Crippen molar-refractivity contribution in [3.05, 3.63) is 67.0 Å². The summed E-state index contributed by atoms with van der Waals surface area (Å²) in [5.41, 5.74) is 3.98. The predicted molar refractivity (Wildman–Crippen MR) is 111 cm³/mol. The number of aromatic nitrogens is 3. The molecule has 6 nitrogen and oxygen atoms in total. The summed E-state index contributed by atoms with van der Waals surface area (Å²) >= 11 is 0. The molecule has 2 aromatic carbocycles. The summed E-state index contributed by atoms with van der Waals surface area (Å²) in [6, 6.07) is 17.9. The molecule has 0 radical (unpaired) electrons. The Labute approximate surface area is 163 Å². The molecule has 6 heteroatoms. The maximum absolute atomic E-state index is 5.27. The molecule has 28 heavy (non-hydrogen) atoms. The average molecular weight is 374 g/mol. The molecule has 0 spiro atoms. The van der Waals surface area contributed by atoms with Crippen molar-refractivity contribution in [2.45, 2.75) is 6.54 Å². The van der Waals surface area contributed by atoms with Crippen LogP contribution in [0.5, 0.6) is 5.75 Å². The molecule has 0 bridgehead atoms. The van der Waals surface area contributed by atoms with Crippen LogP contribution in [0.4, 0.5) is 11.6 Å². The van der Waals surface area contributed by atoms with E-state index in [1.807, 2.05) is 42.5 Å². The monoisotopic (exact) mass is 374 g/mol. The third-order valence-electron chi connectivity index (χ3n) is 4.58. The van der Waals surface area contributed by atoms with Gasteiger partial charge in [-0.25, -0.2) is 9.97 Å². The second kappa shape index (κ2) is 8.10. The van der Waals surface area contributed by atoms with Crippen molar-refractivity contribution in [1.82, 2.24) is 14.5 Å². The normalized spacial score (nSPS) is 10.9. The van der Waals surface area contributed by atoms with Gasteiger partial charge >= 0.3 is 0 Å². The Balaban J connectivity index is 1.69. The van der Waals surface area contributed by atoms with Gasteiger partial charge in [-0.2, -0.15) is 0 Å². The Morgan fingerprint density at radius 3 is 2.79 bits per heavy atom. The minimum Gasteiger partial charge on any atom is -0.497 e. The molecule has 2 heterocycles. The van der Waals surface area contributed by atoms with Gasteiger partial charge in [-0.05, 0) is 24.3 Å². The van der Waals surface area contributed by atoms with Gasteiger partial charge in [0.15, 0.2) is 0 Å². The summed E-state index contributed by atoms with van der Waals surface area (Å²) < 4.78 is 12.7. The van der Waals surface area contributed by atoms with Gasteiger partial charge in [0.05, 0.1) is 19.4 Å². The van der Waals surface area contributed by atoms with E-state index >= 15 is 0 Å². The molecule has 4 aromatic rings. The number of rotatable bonds is 7. The van der Waals surface area contributed by atoms with Crippen LogP contribution in [0.1, 0.15) is 0 Å². The Hall–Kier alpha value is -3.38. The minimum absolute atomic E-state index is 0.541. The first-order valence-corrected chi connectivity index (χ1v) is 9.10. The topological polar surface area (TPSA) is 61.2 Å². The molecule has 0 aliphatic rings. The number of hydrogen-bond acceptors (Lipinski definition) is 5. The molecule has 0 atom stereocenters. The van der Waals surface area contributed by atoms with Crippen LogP contribution in [0.15, 0.2) is 67.0 Å². The highest BCUT2D eigenvalue weighted by Gasteiger charge is 2.12. The van der Waals surface area contributed by atoms with E-state index in [1.54, 1.807) is 20.4 Å². The number of fused-ring (bicyclic) bond motifs is 1. The van der Waals surface area contributed by atoms with E-state index in [1.165, 1.54) is 0 Å². The summed E-state index contributed by atoms with van der Waals surface area (Å²) in [5, 5.41) is 4.41. The van der Waals surface area contributed by atoms with Crippen LogP contribution in [-0.4, -0.2) is 35.4 Å². The fourth-order valence-corrected chi connectivity index (χ4v) is 3.22. The first-order valence-electron chi connectivity index (χ1n) is 9.10. The molecule has 2 aromatic heterocycles. The van der Waals surface area contributed by atoms with E-state index in [-0.39, 0.29) is 0 Å². The van der Waals surface area contributed by atoms with Gasteiger partial charge in [0.25, 0.3) is 0 Å². The van der Waals surface area contributed by atoms with Crippen molar-refractivity contribution < 1.29 is 9.47 Å². The fraction of sp³-hybridized carbons (Fsp3) is 0.182. The van der Waals surface area contributed by atoms with E-state index in [4.69, 9.17) is 14.5 Å². The third-order valence-corrected chi connectivity index (χ3v) is 4.58. The highest BCUT2D eigenvalue weighted by molar-refractivity contribution is 5.95. The molecular weight excluding hydrogens is 352 g/mol. The number of para-hydroxylation sites is 1. The lowest BCUT2D eigenvalue weighted by Crippen LogP contribution is -2.02. The van der Waals surface area contributed by atoms with Crippen molar-refractivity contribution in [3.8, 4) is 17.0 Å². The van der Waals surface area contributed by atoms with Crippen LogP contribution >= 0.6 is 0 Å². The Kier molecular flexibility index (Phi) is 5.21. The number of methoxy groups -OCH3 is 2. The maximum Gasteiger partial charge on any atom is 0.227 e. The molecular formula is C22H22N4O2. The number of ether oxygens (including phenoxy) is 2. The van der Waals surface area contributed by atoms with Crippen molar-refractivity contribution in [2.24, 2.45) is 0 Å². The number of hydrogen-bond donors (Lipinski definition) is 1. The second-order valence-electron chi connectivity index (χ2n) is 6.37.